The quantitative estimate of drug-likeness (QED) is 0.473. The number of carbonyl (C=O) groups excluding carboxylic acids is 1. The Labute approximate surface area is 179 Å². The monoisotopic (exact) mass is 512 g/mol. The number of amides is 2. The number of halogens is 3. The number of nitrogens with one attached hydrogen (secondary N) is 3. The first kappa shape index (κ1) is 23.4. The minimum atomic E-state index is -4.09. The number of rotatable bonds is 9. The zero-order valence-electron chi connectivity index (χ0n) is 15.5. The minimum absolute atomic E-state index is 0.00209. The molecular weight excluding hydrogens is 494 g/mol. The number of alkyl halides is 2. The van der Waals surface area contributed by atoms with Crippen molar-refractivity contribution in [1.29, 1.82) is 0 Å². The Morgan fingerprint density at radius 3 is 2.66 bits per heavy atom. The van der Waals surface area contributed by atoms with E-state index in [9.17, 15) is 22.0 Å². The van der Waals surface area contributed by atoms with Gasteiger partial charge in [-0.25, -0.2) is 31.7 Å². The van der Waals surface area contributed by atoms with Crippen LogP contribution in [0.4, 0.5) is 25.2 Å². The number of hydrogen-bond acceptors (Lipinski definition) is 7. The van der Waals surface area contributed by atoms with Crippen molar-refractivity contribution in [3.63, 3.8) is 0 Å². The third-order valence-electron chi connectivity index (χ3n) is 3.49. The summed E-state index contributed by atoms with van der Waals surface area (Å²) in [4.78, 5) is 16.9. The van der Waals surface area contributed by atoms with E-state index in [-0.39, 0.29) is 15.8 Å². The van der Waals surface area contributed by atoms with Crippen LogP contribution in [0.1, 0.15) is 10.4 Å². The molecular formula is C16H19BrF2N4O4S2. The second kappa shape index (κ2) is 10.3. The fourth-order valence-electron chi connectivity index (χ4n) is 2.21. The smallest absolute Gasteiger partial charge is 0.334 e. The van der Waals surface area contributed by atoms with E-state index in [4.69, 9.17) is 4.74 Å². The first-order valence-corrected chi connectivity index (χ1v) is 11.3. The van der Waals surface area contributed by atoms with Gasteiger partial charge < -0.3 is 10.1 Å². The molecule has 2 aromatic rings. The summed E-state index contributed by atoms with van der Waals surface area (Å²) >= 11 is 4.23. The molecule has 0 aliphatic heterocycles. The third kappa shape index (κ3) is 7.17. The summed E-state index contributed by atoms with van der Waals surface area (Å²) in [5, 5.41) is 4.69. The SMILES string of the molecule is COCCc1sc(S(=O)(=O)NC(=O)Nc2cc(Br)cc(NCC(F)F)n2)cc1C. The van der Waals surface area contributed by atoms with Crippen LogP contribution in [0.2, 0.25) is 0 Å². The molecule has 0 fully saturated rings. The van der Waals surface area contributed by atoms with Crippen LogP contribution in [0.25, 0.3) is 0 Å². The van der Waals surface area contributed by atoms with Gasteiger partial charge in [0.05, 0.1) is 13.2 Å². The highest BCUT2D eigenvalue weighted by Gasteiger charge is 2.22. The van der Waals surface area contributed by atoms with Crippen LogP contribution >= 0.6 is 27.3 Å². The highest BCUT2D eigenvalue weighted by Crippen LogP contribution is 2.26. The predicted molar refractivity (Wildman–Crippen MR) is 110 cm³/mol. The lowest BCUT2D eigenvalue weighted by molar-refractivity contribution is 0.163. The maximum absolute atomic E-state index is 12.5. The Morgan fingerprint density at radius 1 is 1.31 bits per heavy atom. The van der Waals surface area contributed by atoms with Crippen LogP contribution in [0.5, 0.6) is 0 Å². The van der Waals surface area contributed by atoms with E-state index in [0.717, 1.165) is 21.8 Å². The molecule has 2 heterocycles. The molecule has 0 aliphatic carbocycles. The van der Waals surface area contributed by atoms with Crippen LogP contribution in [-0.2, 0) is 21.2 Å². The molecule has 8 nitrogen and oxygen atoms in total. The number of aryl methyl sites for hydroxylation is 1. The molecule has 13 heteroatoms. The van der Waals surface area contributed by atoms with Gasteiger partial charge in [0.15, 0.2) is 0 Å². The van der Waals surface area contributed by atoms with E-state index >= 15 is 0 Å². The van der Waals surface area contributed by atoms with E-state index in [1.54, 1.807) is 14.0 Å². The molecule has 0 radical (unpaired) electrons. The molecule has 0 saturated heterocycles. The first-order chi connectivity index (χ1) is 13.6. The number of thiophene rings is 1. The molecule has 2 amide bonds. The molecule has 0 bridgehead atoms. The number of ether oxygens (including phenoxy) is 1. The molecule has 0 saturated carbocycles. The maximum atomic E-state index is 12.5. The van der Waals surface area contributed by atoms with Crippen molar-refractivity contribution in [2.24, 2.45) is 0 Å². The average Bonchev–Trinajstić information content (AvgIpc) is 2.99. The van der Waals surface area contributed by atoms with Gasteiger partial charge in [-0.3, -0.25) is 5.32 Å². The Morgan fingerprint density at radius 2 is 2.00 bits per heavy atom. The van der Waals surface area contributed by atoms with E-state index in [1.807, 2.05) is 4.72 Å². The number of urea groups is 1. The average molecular weight is 513 g/mol. The van der Waals surface area contributed by atoms with Gasteiger partial charge in [-0.2, -0.15) is 0 Å². The normalized spacial score (nSPS) is 11.5. The molecule has 2 rings (SSSR count). The highest BCUT2D eigenvalue weighted by atomic mass is 79.9. The van der Waals surface area contributed by atoms with Crippen molar-refractivity contribution >= 4 is 55.0 Å². The summed E-state index contributed by atoms with van der Waals surface area (Å²) in [6, 6.07) is 3.30. The number of carbonyl (C=O) groups is 1. The predicted octanol–water partition coefficient (Wildman–Crippen LogP) is 3.59. The van der Waals surface area contributed by atoms with Crippen molar-refractivity contribution in [3.05, 3.63) is 33.1 Å². The Balaban J connectivity index is 2.08. The van der Waals surface area contributed by atoms with Gasteiger partial charge in [0.2, 0.25) is 0 Å². The number of pyridine rings is 1. The van der Waals surface area contributed by atoms with Crippen LogP contribution < -0.4 is 15.4 Å². The summed E-state index contributed by atoms with van der Waals surface area (Å²) in [6.07, 6.45) is -2.02. The zero-order valence-corrected chi connectivity index (χ0v) is 18.7. The van der Waals surface area contributed by atoms with Gasteiger partial charge >= 0.3 is 6.03 Å². The van der Waals surface area contributed by atoms with Crippen LogP contribution in [-0.4, -0.2) is 46.1 Å². The molecule has 3 N–H and O–H groups in total. The maximum Gasteiger partial charge on any atom is 0.334 e. The summed E-state index contributed by atoms with van der Waals surface area (Å²) in [7, 11) is -2.53. The lowest BCUT2D eigenvalue weighted by atomic mass is 10.2. The Hall–Kier alpha value is -1.83. The van der Waals surface area contributed by atoms with Crippen molar-refractivity contribution in [1.82, 2.24) is 9.71 Å². The van der Waals surface area contributed by atoms with E-state index in [1.165, 1.54) is 18.2 Å². The van der Waals surface area contributed by atoms with E-state index < -0.39 is 29.0 Å². The Kier molecular flexibility index (Phi) is 8.31. The second-order valence-electron chi connectivity index (χ2n) is 5.80. The summed E-state index contributed by atoms with van der Waals surface area (Å²) in [5.41, 5.74) is 0.788. The first-order valence-electron chi connectivity index (χ1n) is 8.22. The van der Waals surface area contributed by atoms with Crippen LogP contribution in [0.15, 0.2) is 26.9 Å². The molecule has 160 valence electrons. The fourth-order valence-corrected chi connectivity index (χ4v) is 5.12. The number of anilines is 2. The van der Waals surface area contributed by atoms with Gasteiger partial charge in [0, 0.05) is 22.9 Å². The van der Waals surface area contributed by atoms with Gasteiger partial charge in [-0.05, 0) is 30.7 Å². The second-order valence-corrected chi connectivity index (χ2v) is 9.76. The summed E-state index contributed by atoms with van der Waals surface area (Å²) < 4.78 is 56.9. The van der Waals surface area contributed by atoms with Gasteiger partial charge in [-0.1, -0.05) is 15.9 Å². The zero-order chi connectivity index (χ0) is 21.6. The fraction of sp³-hybridized carbons (Fsp3) is 0.375. The molecule has 0 aromatic carbocycles. The molecule has 2 aromatic heterocycles. The Bertz CT molecular complexity index is 970. The standard InChI is InChI=1S/C16H19BrF2N4O4S2/c1-9-5-15(28-11(9)3-4-27-2)29(25,26)23-16(24)22-14-7-10(17)6-13(21-14)20-8-12(18)19/h5-7,12H,3-4,8H2,1-2H3,(H3,20,21,22,23,24). The molecule has 29 heavy (non-hydrogen) atoms. The molecule has 0 spiro atoms. The number of methoxy groups -OCH3 is 1. The summed E-state index contributed by atoms with van der Waals surface area (Å²) in [6.45, 7) is 1.61. The summed E-state index contributed by atoms with van der Waals surface area (Å²) in [5.74, 6) is 0.0708. The van der Waals surface area contributed by atoms with Gasteiger partial charge in [0.25, 0.3) is 16.4 Å². The minimum Gasteiger partial charge on any atom is -0.384 e. The number of sulfonamides is 1. The van der Waals surface area contributed by atoms with E-state index in [2.05, 4.69) is 31.5 Å². The molecule has 0 unspecified atom stereocenters. The number of hydrogen-bond donors (Lipinski definition) is 3. The van der Waals surface area contributed by atoms with Crippen molar-refractivity contribution in [3.8, 4) is 0 Å². The largest absolute Gasteiger partial charge is 0.384 e. The highest BCUT2D eigenvalue weighted by molar-refractivity contribution is 9.10. The number of nitrogens with zero attached hydrogens (tertiary/aromatic N) is 1. The van der Waals surface area contributed by atoms with Crippen LogP contribution in [0, 0.1) is 6.92 Å². The van der Waals surface area contributed by atoms with Crippen molar-refractivity contribution < 1.29 is 26.7 Å². The van der Waals surface area contributed by atoms with Crippen molar-refractivity contribution in [2.75, 3.05) is 30.9 Å². The topological polar surface area (TPSA) is 109 Å². The molecule has 0 aliphatic rings. The van der Waals surface area contributed by atoms with Gasteiger partial charge in [0.1, 0.15) is 15.8 Å². The molecule has 0 atom stereocenters. The van der Waals surface area contributed by atoms with Crippen molar-refractivity contribution in [2.45, 2.75) is 24.0 Å². The lowest BCUT2D eigenvalue weighted by Gasteiger charge is -2.10. The third-order valence-corrected chi connectivity index (χ3v) is 7.05. The number of aromatic nitrogens is 1. The van der Waals surface area contributed by atoms with Gasteiger partial charge in [-0.15, -0.1) is 11.3 Å². The van der Waals surface area contributed by atoms with E-state index in [0.29, 0.717) is 17.5 Å². The lowest BCUT2D eigenvalue weighted by Crippen LogP contribution is -2.34. The van der Waals surface area contributed by atoms with Crippen LogP contribution in [0.3, 0.4) is 0 Å².